The molecule has 4 heteroatoms. The van der Waals surface area contributed by atoms with Crippen LogP contribution in [0.4, 0.5) is 0 Å². The van der Waals surface area contributed by atoms with Gasteiger partial charge in [0.05, 0.1) is 5.69 Å². The molecule has 3 nitrogen and oxygen atoms in total. The van der Waals surface area contributed by atoms with Crippen LogP contribution in [0.15, 0.2) is 41.3 Å². The van der Waals surface area contributed by atoms with Gasteiger partial charge in [0.25, 0.3) is 5.56 Å². The number of nitrogens with zero attached hydrogens (tertiary/aromatic N) is 2. The summed E-state index contributed by atoms with van der Waals surface area (Å²) in [4.78, 5) is 11.6. The van der Waals surface area contributed by atoms with Gasteiger partial charge < -0.3 is 0 Å². The van der Waals surface area contributed by atoms with Crippen LogP contribution in [0.5, 0.6) is 0 Å². The second-order valence-corrected chi connectivity index (χ2v) is 3.64. The Balaban J connectivity index is 2.62. The predicted molar refractivity (Wildman–Crippen MR) is 60.7 cm³/mol. The Bertz CT molecular complexity index is 527. The lowest BCUT2D eigenvalue weighted by Gasteiger charge is -2.09. The van der Waals surface area contributed by atoms with Gasteiger partial charge in [-0.15, -0.1) is 0 Å². The van der Waals surface area contributed by atoms with Crippen LogP contribution in [-0.2, 0) is 6.54 Å². The van der Waals surface area contributed by atoms with Crippen molar-refractivity contribution < 1.29 is 0 Å². The van der Waals surface area contributed by atoms with E-state index in [4.69, 9.17) is 11.6 Å². The molecule has 1 aromatic heterocycles. The molecule has 0 radical (unpaired) electrons. The van der Waals surface area contributed by atoms with Crippen LogP contribution in [0.2, 0.25) is 5.02 Å². The summed E-state index contributed by atoms with van der Waals surface area (Å²) in [6.07, 6.45) is 1.77. The van der Waals surface area contributed by atoms with Gasteiger partial charge >= 0.3 is 0 Å². The zero-order chi connectivity index (χ0) is 10.8. The molecule has 0 N–H and O–H groups in total. The summed E-state index contributed by atoms with van der Waals surface area (Å²) in [5, 5.41) is 0.628. The molecule has 0 aliphatic rings. The van der Waals surface area contributed by atoms with Gasteiger partial charge in [0.2, 0.25) is 0 Å². The van der Waals surface area contributed by atoms with E-state index in [0.29, 0.717) is 5.02 Å². The Kier molecular flexibility index (Phi) is 2.64. The van der Waals surface area contributed by atoms with E-state index in [9.17, 15) is 4.79 Å². The largest absolute Gasteiger partial charge is 0.285 e. The van der Waals surface area contributed by atoms with Crippen LogP contribution in [0.25, 0.3) is 5.69 Å². The lowest BCUT2D eigenvalue weighted by atomic mass is 10.3. The summed E-state index contributed by atoms with van der Waals surface area (Å²) in [5.41, 5.74) is 0.749. The first-order valence-corrected chi connectivity index (χ1v) is 5.14. The second kappa shape index (κ2) is 3.95. The fourth-order valence-electron chi connectivity index (χ4n) is 1.54. The van der Waals surface area contributed by atoms with E-state index >= 15 is 0 Å². The van der Waals surface area contributed by atoms with Crippen LogP contribution in [0, 0.1) is 0 Å². The average molecular weight is 223 g/mol. The van der Waals surface area contributed by atoms with E-state index in [-0.39, 0.29) is 5.56 Å². The van der Waals surface area contributed by atoms with Crippen molar-refractivity contribution >= 4 is 11.6 Å². The highest BCUT2D eigenvalue weighted by Gasteiger charge is 2.04. The standard InChI is InChI=1S/C11H11ClN2O/c1-2-13-7-6-11(15)14(13)10-5-3-4-9(12)8-10/h3-8H,2H2,1H3. The maximum absolute atomic E-state index is 11.6. The summed E-state index contributed by atoms with van der Waals surface area (Å²) in [6, 6.07) is 8.80. The molecule has 15 heavy (non-hydrogen) atoms. The number of benzene rings is 1. The number of aromatic nitrogens is 2. The van der Waals surface area contributed by atoms with Gasteiger partial charge in [-0.3, -0.25) is 9.48 Å². The molecule has 0 saturated carbocycles. The first-order chi connectivity index (χ1) is 7.22. The molecule has 0 atom stereocenters. The van der Waals surface area contributed by atoms with E-state index in [1.165, 1.54) is 0 Å². The maximum Gasteiger partial charge on any atom is 0.271 e. The Morgan fingerprint density at radius 2 is 2.13 bits per heavy atom. The van der Waals surface area contributed by atoms with E-state index < -0.39 is 0 Å². The highest BCUT2D eigenvalue weighted by atomic mass is 35.5. The Labute approximate surface area is 92.5 Å². The number of hydrogen-bond donors (Lipinski definition) is 0. The van der Waals surface area contributed by atoms with Crippen molar-refractivity contribution in [2.24, 2.45) is 0 Å². The fourth-order valence-corrected chi connectivity index (χ4v) is 1.73. The first-order valence-electron chi connectivity index (χ1n) is 4.77. The van der Waals surface area contributed by atoms with Crippen LogP contribution in [0.3, 0.4) is 0 Å². The molecule has 0 aliphatic carbocycles. The van der Waals surface area contributed by atoms with Gasteiger partial charge in [0, 0.05) is 23.8 Å². The molecular weight excluding hydrogens is 212 g/mol. The minimum absolute atomic E-state index is 0.0425. The van der Waals surface area contributed by atoms with E-state index in [1.807, 2.05) is 23.7 Å². The predicted octanol–water partition coefficient (Wildman–Crippen LogP) is 2.31. The van der Waals surface area contributed by atoms with Crippen LogP contribution in [-0.4, -0.2) is 9.36 Å². The van der Waals surface area contributed by atoms with Gasteiger partial charge in [0.15, 0.2) is 0 Å². The van der Waals surface area contributed by atoms with Crippen LogP contribution in [0.1, 0.15) is 6.92 Å². The molecule has 2 aromatic rings. The van der Waals surface area contributed by atoms with Crippen LogP contribution < -0.4 is 5.56 Å². The second-order valence-electron chi connectivity index (χ2n) is 3.20. The normalized spacial score (nSPS) is 10.5. The third-order valence-corrected chi connectivity index (χ3v) is 2.47. The monoisotopic (exact) mass is 222 g/mol. The highest BCUT2D eigenvalue weighted by molar-refractivity contribution is 6.30. The SMILES string of the molecule is CCn1ccc(=O)n1-c1cccc(Cl)c1. The third kappa shape index (κ3) is 1.83. The van der Waals surface area contributed by atoms with Gasteiger partial charge in [-0.25, -0.2) is 4.68 Å². The number of aryl methyl sites for hydroxylation is 1. The topological polar surface area (TPSA) is 26.9 Å². The van der Waals surface area contributed by atoms with Crippen molar-refractivity contribution in [2.45, 2.75) is 13.5 Å². The molecule has 0 saturated heterocycles. The van der Waals surface area contributed by atoms with Crippen molar-refractivity contribution in [3.8, 4) is 5.69 Å². The number of hydrogen-bond acceptors (Lipinski definition) is 1. The molecule has 0 unspecified atom stereocenters. The quantitative estimate of drug-likeness (QED) is 0.766. The Hall–Kier alpha value is -1.48. The van der Waals surface area contributed by atoms with Crippen molar-refractivity contribution in [1.82, 2.24) is 9.36 Å². The summed E-state index contributed by atoms with van der Waals surface area (Å²) in [7, 11) is 0. The van der Waals surface area contributed by atoms with Gasteiger partial charge in [-0.1, -0.05) is 17.7 Å². The first kappa shape index (κ1) is 10.1. The van der Waals surface area contributed by atoms with Crippen molar-refractivity contribution in [2.75, 3.05) is 0 Å². The van der Waals surface area contributed by atoms with Gasteiger partial charge in [-0.2, -0.15) is 0 Å². The molecule has 0 amide bonds. The van der Waals surface area contributed by atoms with Crippen molar-refractivity contribution in [1.29, 1.82) is 0 Å². The molecule has 0 bridgehead atoms. The van der Waals surface area contributed by atoms with Crippen molar-refractivity contribution in [3.05, 3.63) is 51.9 Å². The summed E-state index contributed by atoms with van der Waals surface area (Å²) >= 11 is 5.88. The van der Waals surface area contributed by atoms with E-state index in [2.05, 4.69) is 0 Å². The maximum atomic E-state index is 11.6. The van der Waals surface area contributed by atoms with Gasteiger partial charge in [0.1, 0.15) is 0 Å². The van der Waals surface area contributed by atoms with Gasteiger partial charge in [-0.05, 0) is 25.1 Å². The lowest BCUT2D eigenvalue weighted by molar-refractivity contribution is 0.574. The molecule has 2 rings (SSSR count). The minimum atomic E-state index is -0.0425. The summed E-state index contributed by atoms with van der Waals surface area (Å²) in [5.74, 6) is 0. The minimum Gasteiger partial charge on any atom is -0.285 e. The molecule has 0 spiro atoms. The summed E-state index contributed by atoms with van der Waals surface area (Å²) in [6.45, 7) is 2.73. The zero-order valence-corrected chi connectivity index (χ0v) is 9.11. The molecule has 78 valence electrons. The Morgan fingerprint density at radius 1 is 1.33 bits per heavy atom. The summed E-state index contributed by atoms with van der Waals surface area (Å²) < 4.78 is 3.44. The fraction of sp³-hybridized carbons (Fsp3) is 0.182. The van der Waals surface area contributed by atoms with E-state index in [0.717, 1.165) is 12.2 Å². The number of halogens is 1. The lowest BCUT2D eigenvalue weighted by Crippen LogP contribution is -2.20. The smallest absolute Gasteiger partial charge is 0.271 e. The molecular formula is C11H11ClN2O. The molecule has 0 aliphatic heterocycles. The molecule has 0 fully saturated rings. The molecule has 1 heterocycles. The number of rotatable bonds is 2. The Morgan fingerprint density at radius 3 is 2.80 bits per heavy atom. The molecule has 1 aromatic carbocycles. The third-order valence-electron chi connectivity index (χ3n) is 2.23. The zero-order valence-electron chi connectivity index (χ0n) is 8.35. The van der Waals surface area contributed by atoms with Crippen molar-refractivity contribution in [3.63, 3.8) is 0 Å². The van der Waals surface area contributed by atoms with E-state index in [1.54, 1.807) is 29.1 Å². The average Bonchev–Trinajstić information content (AvgIpc) is 2.59. The van der Waals surface area contributed by atoms with Crippen LogP contribution >= 0.6 is 11.6 Å². The highest BCUT2D eigenvalue weighted by Crippen LogP contribution is 2.13.